The van der Waals surface area contributed by atoms with Gasteiger partial charge in [0.25, 0.3) is 0 Å². The Morgan fingerprint density at radius 2 is 0.692 bits per heavy atom. The largest absolute Gasteiger partial charge is 0.472 e. The molecule has 0 spiro atoms. The molecule has 12 heteroatoms. The smallest absolute Gasteiger partial charge is 0.462 e. The third-order valence-electron chi connectivity index (χ3n) is 12.1. The van der Waals surface area contributed by atoms with E-state index < -0.39 is 57.8 Å². The second-order valence-electron chi connectivity index (χ2n) is 19.4. The number of aliphatic hydroxyl groups is 1. The zero-order chi connectivity index (χ0) is 56.9. The van der Waals surface area contributed by atoms with Gasteiger partial charge in [-0.1, -0.05) is 219 Å². The lowest BCUT2D eigenvalue weighted by atomic mass is 10.1. The van der Waals surface area contributed by atoms with Crippen molar-refractivity contribution in [3.8, 4) is 0 Å². The van der Waals surface area contributed by atoms with Gasteiger partial charge in [0.2, 0.25) is 0 Å². The molecule has 0 aliphatic carbocycles. The van der Waals surface area contributed by atoms with E-state index in [1.54, 1.807) is 0 Å². The van der Waals surface area contributed by atoms with Crippen LogP contribution < -0.4 is 0 Å². The SMILES string of the molecule is CC/C=C\C/C=C\C/C=C\C/C=C\C/C=C\C/C=C\CCC(=O)OC(COC(=O)CCCCCCCC/C=C\C/C=C\C/C=C\C/C=C\CC)COP(=O)(O)OCC(CO)OC(=O)CCCCCCC/C=C\CCCCCC. The molecule has 0 aromatic carbocycles. The molecule has 0 bridgehead atoms. The van der Waals surface area contributed by atoms with Crippen molar-refractivity contribution < 1.29 is 52.2 Å². The molecule has 0 aromatic rings. The Morgan fingerprint density at radius 3 is 1.12 bits per heavy atom. The van der Waals surface area contributed by atoms with Crippen LogP contribution in [0.5, 0.6) is 0 Å². The lowest BCUT2D eigenvalue weighted by Gasteiger charge is -2.21. The zero-order valence-electron chi connectivity index (χ0n) is 48.8. The molecule has 0 heterocycles. The fraction of sp³-hybridized carbons (Fsp3) is 0.621. The van der Waals surface area contributed by atoms with Crippen LogP contribution in [0.3, 0.4) is 0 Å². The first-order chi connectivity index (χ1) is 38.2. The molecule has 0 aliphatic heterocycles. The summed E-state index contributed by atoms with van der Waals surface area (Å²) in [6.07, 6.45) is 74.2. The molecule has 0 radical (unpaired) electrons. The predicted molar refractivity (Wildman–Crippen MR) is 325 cm³/mol. The second kappa shape index (κ2) is 58.8. The molecule has 0 saturated carbocycles. The number of phosphoric ester groups is 1. The molecule has 2 N–H and O–H groups in total. The fourth-order valence-corrected chi connectivity index (χ4v) is 8.33. The number of phosphoric acid groups is 1. The van der Waals surface area contributed by atoms with Gasteiger partial charge >= 0.3 is 25.7 Å². The summed E-state index contributed by atoms with van der Waals surface area (Å²) in [6.45, 7) is 4.28. The maximum atomic E-state index is 12.9. The van der Waals surface area contributed by atoms with Crippen molar-refractivity contribution in [2.24, 2.45) is 0 Å². The minimum Gasteiger partial charge on any atom is -0.462 e. The maximum absolute atomic E-state index is 12.9. The van der Waals surface area contributed by atoms with Gasteiger partial charge in [-0.3, -0.25) is 23.4 Å². The molecule has 0 aromatic heterocycles. The Bertz CT molecular complexity index is 1820. The van der Waals surface area contributed by atoms with Crippen molar-refractivity contribution in [1.29, 1.82) is 0 Å². The van der Waals surface area contributed by atoms with Crippen LogP contribution in [0, 0.1) is 0 Å². The van der Waals surface area contributed by atoms with Crippen LogP contribution in [0.1, 0.15) is 226 Å². The summed E-state index contributed by atoms with van der Waals surface area (Å²) in [6, 6.07) is 0. The van der Waals surface area contributed by atoms with Gasteiger partial charge in [0, 0.05) is 19.3 Å². The van der Waals surface area contributed by atoms with E-state index in [1.165, 1.54) is 25.7 Å². The standard InChI is InChI=1S/C66H107O11P/c1-4-7-10-13-16-19-22-25-27-29-31-33-35-38-40-43-46-49-52-55-64(68)73-59-63(77-66(70)57-54-51-48-45-42-39-36-34-32-30-28-26-23-20-17-14-11-8-5-2)61-75-78(71,72)74-60-62(58-67)76-65(69)56-53-50-47-44-41-37-24-21-18-15-12-9-6-3/h7-8,10-11,16-17,19-21,24-28,31-34,39,42,48,51,62-63,67H,4-6,9,12-15,18,22-23,29-30,35-38,40-41,43-47,49-50,52-61H2,1-3H3,(H,71,72)/b10-7-,11-8-,19-16-,20-17-,24-21-,27-25-,28-26-,33-31-,34-32-,42-39-,51-48-. The highest BCUT2D eigenvalue weighted by Crippen LogP contribution is 2.43. The van der Waals surface area contributed by atoms with E-state index in [0.29, 0.717) is 25.7 Å². The summed E-state index contributed by atoms with van der Waals surface area (Å²) in [5.41, 5.74) is 0. The second-order valence-corrected chi connectivity index (χ2v) is 20.8. The molecule has 0 saturated heterocycles. The van der Waals surface area contributed by atoms with Crippen molar-refractivity contribution in [3.63, 3.8) is 0 Å². The molecule has 3 unspecified atom stereocenters. The van der Waals surface area contributed by atoms with Gasteiger partial charge < -0.3 is 24.2 Å². The quantitative estimate of drug-likeness (QED) is 0.0197. The summed E-state index contributed by atoms with van der Waals surface area (Å²) in [5, 5.41) is 9.82. The molecular formula is C66H107O11P. The Balaban J connectivity index is 4.88. The monoisotopic (exact) mass is 1110 g/mol. The normalized spacial score (nSPS) is 14.3. The van der Waals surface area contributed by atoms with Gasteiger partial charge in [0.15, 0.2) is 6.10 Å². The number of hydrogen-bond acceptors (Lipinski definition) is 10. The van der Waals surface area contributed by atoms with Gasteiger partial charge in [0.1, 0.15) is 12.7 Å². The van der Waals surface area contributed by atoms with E-state index in [1.807, 2.05) is 12.2 Å². The lowest BCUT2D eigenvalue weighted by Crippen LogP contribution is -2.30. The van der Waals surface area contributed by atoms with Crippen LogP contribution in [-0.4, -0.2) is 66.5 Å². The van der Waals surface area contributed by atoms with Crippen LogP contribution in [-0.2, 0) is 42.2 Å². The van der Waals surface area contributed by atoms with Gasteiger partial charge in [-0.15, -0.1) is 0 Å². The maximum Gasteiger partial charge on any atom is 0.472 e. The van der Waals surface area contributed by atoms with Crippen LogP contribution in [0.25, 0.3) is 0 Å². The molecule has 0 aliphatic rings. The number of ether oxygens (including phenoxy) is 3. The summed E-state index contributed by atoms with van der Waals surface area (Å²) < 4.78 is 39.5. The Labute approximate surface area is 474 Å². The molecule has 0 fully saturated rings. The van der Waals surface area contributed by atoms with E-state index >= 15 is 0 Å². The van der Waals surface area contributed by atoms with Crippen molar-refractivity contribution >= 4 is 25.7 Å². The van der Waals surface area contributed by atoms with Gasteiger partial charge in [-0.25, -0.2) is 4.57 Å². The van der Waals surface area contributed by atoms with E-state index in [9.17, 15) is 28.9 Å². The molecule has 11 nitrogen and oxygen atoms in total. The summed E-state index contributed by atoms with van der Waals surface area (Å²) in [5.74, 6) is -1.60. The highest BCUT2D eigenvalue weighted by atomic mass is 31.2. The van der Waals surface area contributed by atoms with E-state index in [4.69, 9.17) is 23.3 Å². The minimum atomic E-state index is -4.78. The van der Waals surface area contributed by atoms with Crippen molar-refractivity contribution in [2.75, 3.05) is 26.4 Å². The topological polar surface area (TPSA) is 155 Å². The average molecular weight is 1110 g/mol. The molecule has 0 rings (SSSR count). The number of rotatable bonds is 54. The lowest BCUT2D eigenvalue weighted by molar-refractivity contribution is -0.161. The Kier molecular flexibility index (Phi) is 55.5. The van der Waals surface area contributed by atoms with E-state index in [2.05, 4.69) is 142 Å². The number of carbonyl (C=O) groups is 3. The van der Waals surface area contributed by atoms with Gasteiger partial charge in [-0.05, 0) is 122 Å². The number of aliphatic hydroxyl groups excluding tert-OH is 1. The van der Waals surface area contributed by atoms with Crippen LogP contribution >= 0.6 is 7.82 Å². The molecule has 3 atom stereocenters. The van der Waals surface area contributed by atoms with Crippen molar-refractivity contribution in [1.82, 2.24) is 0 Å². The average Bonchev–Trinajstić information content (AvgIpc) is 3.43. The summed E-state index contributed by atoms with van der Waals surface area (Å²) in [4.78, 5) is 48.6. The number of allylic oxidation sites excluding steroid dienone is 22. The third-order valence-corrected chi connectivity index (χ3v) is 13.0. The first kappa shape index (κ1) is 73.6. The first-order valence-electron chi connectivity index (χ1n) is 30.1. The zero-order valence-corrected chi connectivity index (χ0v) is 49.7. The molecule has 0 amide bonds. The van der Waals surface area contributed by atoms with E-state index in [-0.39, 0.29) is 25.9 Å². The number of carbonyl (C=O) groups excluding carboxylic acids is 3. The summed E-state index contributed by atoms with van der Waals surface area (Å²) in [7, 11) is -4.78. The minimum absolute atomic E-state index is 0.0315. The van der Waals surface area contributed by atoms with Gasteiger partial charge in [-0.2, -0.15) is 0 Å². The molecule has 442 valence electrons. The Morgan fingerprint density at radius 1 is 0.372 bits per heavy atom. The highest BCUT2D eigenvalue weighted by molar-refractivity contribution is 7.47. The van der Waals surface area contributed by atoms with Crippen molar-refractivity contribution in [2.45, 2.75) is 238 Å². The van der Waals surface area contributed by atoms with Crippen LogP contribution in [0.2, 0.25) is 0 Å². The molecular weight excluding hydrogens is 1000 g/mol. The number of unbranched alkanes of at least 4 members (excludes halogenated alkanes) is 15. The van der Waals surface area contributed by atoms with Crippen LogP contribution in [0.4, 0.5) is 0 Å². The van der Waals surface area contributed by atoms with Crippen LogP contribution in [0.15, 0.2) is 134 Å². The number of hydrogen-bond donors (Lipinski definition) is 2. The third kappa shape index (κ3) is 56.3. The highest BCUT2D eigenvalue weighted by Gasteiger charge is 2.28. The number of esters is 3. The predicted octanol–water partition coefficient (Wildman–Crippen LogP) is 18.1. The fourth-order valence-electron chi connectivity index (χ4n) is 7.54. The first-order valence-corrected chi connectivity index (χ1v) is 31.6. The van der Waals surface area contributed by atoms with Gasteiger partial charge in [0.05, 0.1) is 19.8 Å². The van der Waals surface area contributed by atoms with Crippen molar-refractivity contribution in [3.05, 3.63) is 134 Å². The van der Waals surface area contributed by atoms with E-state index in [0.717, 1.165) is 135 Å². The molecule has 78 heavy (non-hydrogen) atoms. The summed E-state index contributed by atoms with van der Waals surface area (Å²) >= 11 is 0. The Hall–Kier alpha value is -4.38.